The zero-order valence-electron chi connectivity index (χ0n) is 19.0. The Morgan fingerprint density at radius 2 is 1.83 bits per heavy atom. The number of benzene rings is 2. The standard InChI is InChI=1S/C25H23F3N4O3/c1-34-18-8-6-17(7-9-18)22-14-20(30-35-22)23(33)31-12-10-16(11-13-31)15-32-21-5-3-2-4-19(21)29-24(32)25(26,27)28/h2-9,14,16H,10-13,15H2,1H3. The largest absolute Gasteiger partial charge is 0.497 e. The van der Waals surface area contributed by atoms with E-state index in [4.69, 9.17) is 9.26 Å². The molecule has 1 amide bonds. The molecule has 5 rings (SSSR count). The maximum atomic E-state index is 13.6. The van der Waals surface area contributed by atoms with E-state index in [0.29, 0.717) is 48.5 Å². The predicted molar refractivity (Wildman–Crippen MR) is 122 cm³/mol. The van der Waals surface area contributed by atoms with Crippen LogP contribution in [0.5, 0.6) is 5.75 Å². The van der Waals surface area contributed by atoms with E-state index >= 15 is 0 Å². The minimum absolute atomic E-state index is 0.00933. The molecule has 0 atom stereocenters. The smallest absolute Gasteiger partial charge is 0.449 e. The molecule has 0 N–H and O–H groups in total. The summed E-state index contributed by atoms with van der Waals surface area (Å²) in [7, 11) is 1.58. The van der Waals surface area contributed by atoms with E-state index in [-0.39, 0.29) is 24.1 Å². The van der Waals surface area contributed by atoms with Gasteiger partial charge in [0, 0.05) is 31.3 Å². The SMILES string of the molecule is COc1ccc(-c2cc(C(=O)N3CCC(Cn4c(C(F)(F)F)nc5ccccc54)CC3)no2)cc1. The molecule has 0 unspecified atom stereocenters. The van der Waals surface area contributed by atoms with Gasteiger partial charge in [-0.2, -0.15) is 13.2 Å². The van der Waals surface area contributed by atoms with Crippen LogP contribution in [0.1, 0.15) is 29.2 Å². The fourth-order valence-corrected chi connectivity index (χ4v) is 4.48. The molecule has 0 spiro atoms. The molecule has 1 fully saturated rings. The summed E-state index contributed by atoms with van der Waals surface area (Å²) in [5.74, 6) is 0.0304. The Morgan fingerprint density at radius 3 is 2.51 bits per heavy atom. The number of hydrogen-bond acceptors (Lipinski definition) is 5. The first-order chi connectivity index (χ1) is 16.8. The number of aromatic nitrogens is 3. The number of imidazole rings is 1. The minimum atomic E-state index is -4.54. The maximum Gasteiger partial charge on any atom is 0.449 e. The number of carbonyl (C=O) groups is 1. The van der Waals surface area contributed by atoms with Crippen molar-refractivity contribution < 1.29 is 27.2 Å². The van der Waals surface area contributed by atoms with Gasteiger partial charge in [-0.3, -0.25) is 4.79 Å². The molecule has 0 bridgehead atoms. The number of piperidine rings is 1. The lowest BCUT2D eigenvalue weighted by Gasteiger charge is -2.32. The third-order valence-electron chi connectivity index (χ3n) is 6.35. The van der Waals surface area contributed by atoms with Crippen LogP contribution in [0.4, 0.5) is 13.2 Å². The molecule has 4 aromatic rings. The molecule has 35 heavy (non-hydrogen) atoms. The zero-order valence-corrected chi connectivity index (χ0v) is 19.0. The zero-order chi connectivity index (χ0) is 24.6. The highest BCUT2D eigenvalue weighted by Gasteiger charge is 2.38. The summed E-state index contributed by atoms with van der Waals surface area (Å²) in [6.07, 6.45) is -3.37. The van der Waals surface area contributed by atoms with Crippen molar-refractivity contribution in [3.8, 4) is 17.1 Å². The average molecular weight is 484 g/mol. The van der Waals surface area contributed by atoms with Crippen LogP contribution in [0.2, 0.25) is 0 Å². The van der Waals surface area contributed by atoms with Gasteiger partial charge in [-0.05, 0) is 55.2 Å². The van der Waals surface area contributed by atoms with Gasteiger partial charge in [0.15, 0.2) is 11.5 Å². The summed E-state index contributed by atoms with van der Waals surface area (Å²) in [6, 6.07) is 15.4. The van der Waals surface area contributed by atoms with E-state index in [0.717, 1.165) is 5.56 Å². The predicted octanol–water partition coefficient (Wildman–Crippen LogP) is 5.27. The van der Waals surface area contributed by atoms with Crippen LogP contribution in [0, 0.1) is 5.92 Å². The number of nitrogens with zero attached hydrogens (tertiary/aromatic N) is 4. The summed E-state index contributed by atoms with van der Waals surface area (Å²) >= 11 is 0. The van der Waals surface area contributed by atoms with Gasteiger partial charge >= 0.3 is 6.18 Å². The third kappa shape index (κ3) is 4.60. The molecule has 1 aliphatic heterocycles. The highest BCUT2D eigenvalue weighted by atomic mass is 19.4. The second-order valence-corrected chi connectivity index (χ2v) is 8.57. The van der Waals surface area contributed by atoms with E-state index in [1.54, 1.807) is 54.5 Å². The first kappa shape index (κ1) is 22.9. The van der Waals surface area contributed by atoms with Crippen LogP contribution in [0.25, 0.3) is 22.4 Å². The maximum absolute atomic E-state index is 13.6. The molecular weight excluding hydrogens is 461 g/mol. The van der Waals surface area contributed by atoms with Crippen molar-refractivity contribution in [1.29, 1.82) is 0 Å². The molecule has 1 saturated heterocycles. The molecule has 2 aromatic heterocycles. The quantitative estimate of drug-likeness (QED) is 0.386. The van der Waals surface area contributed by atoms with Crippen molar-refractivity contribution in [3.05, 3.63) is 66.1 Å². The summed E-state index contributed by atoms with van der Waals surface area (Å²) in [5, 5.41) is 3.93. The van der Waals surface area contributed by atoms with Gasteiger partial charge < -0.3 is 18.7 Å². The second kappa shape index (κ2) is 9.09. The first-order valence-corrected chi connectivity index (χ1v) is 11.3. The van der Waals surface area contributed by atoms with Crippen LogP contribution in [-0.4, -0.2) is 45.7 Å². The molecular formula is C25H23F3N4O3. The van der Waals surface area contributed by atoms with Gasteiger partial charge in [0.05, 0.1) is 18.1 Å². The Hall–Kier alpha value is -3.82. The van der Waals surface area contributed by atoms with E-state index in [2.05, 4.69) is 10.1 Å². The minimum Gasteiger partial charge on any atom is -0.497 e. The third-order valence-corrected chi connectivity index (χ3v) is 6.35. The summed E-state index contributed by atoms with van der Waals surface area (Å²) in [4.78, 5) is 18.4. The Kier molecular flexibility index (Phi) is 5.96. The van der Waals surface area contributed by atoms with Gasteiger partial charge in [0.25, 0.3) is 5.91 Å². The molecule has 3 heterocycles. The van der Waals surface area contributed by atoms with Gasteiger partial charge in [-0.15, -0.1) is 0 Å². The average Bonchev–Trinajstić information content (AvgIpc) is 3.50. The van der Waals surface area contributed by atoms with Crippen LogP contribution in [0.15, 0.2) is 59.1 Å². The molecule has 2 aromatic carbocycles. The molecule has 0 radical (unpaired) electrons. The van der Waals surface area contributed by atoms with Crippen LogP contribution in [0.3, 0.4) is 0 Å². The van der Waals surface area contributed by atoms with Crippen molar-refractivity contribution in [1.82, 2.24) is 19.6 Å². The molecule has 1 aliphatic rings. The molecule has 182 valence electrons. The number of rotatable bonds is 5. The number of hydrogen-bond donors (Lipinski definition) is 0. The number of alkyl halides is 3. The van der Waals surface area contributed by atoms with Crippen LogP contribution >= 0.6 is 0 Å². The lowest BCUT2D eigenvalue weighted by Crippen LogP contribution is -2.39. The van der Waals surface area contributed by atoms with Crippen molar-refractivity contribution in [2.24, 2.45) is 5.92 Å². The Balaban J connectivity index is 1.25. The fraction of sp³-hybridized carbons (Fsp3) is 0.320. The number of fused-ring (bicyclic) bond motifs is 1. The van der Waals surface area contributed by atoms with Crippen molar-refractivity contribution in [2.75, 3.05) is 20.2 Å². The molecule has 7 nitrogen and oxygen atoms in total. The van der Waals surface area contributed by atoms with Gasteiger partial charge in [0.2, 0.25) is 5.82 Å². The Bertz CT molecular complexity index is 1340. The topological polar surface area (TPSA) is 73.4 Å². The van der Waals surface area contributed by atoms with Crippen molar-refractivity contribution in [2.45, 2.75) is 25.6 Å². The second-order valence-electron chi connectivity index (χ2n) is 8.57. The first-order valence-electron chi connectivity index (χ1n) is 11.3. The molecule has 10 heteroatoms. The highest BCUT2D eigenvalue weighted by Crippen LogP contribution is 2.33. The van der Waals surface area contributed by atoms with Crippen molar-refractivity contribution in [3.63, 3.8) is 0 Å². The monoisotopic (exact) mass is 484 g/mol. The van der Waals surface area contributed by atoms with Crippen molar-refractivity contribution >= 4 is 16.9 Å². The van der Waals surface area contributed by atoms with Gasteiger partial charge in [-0.1, -0.05) is 17.3 Å². The number of likely N-dealkylation sites (tertiary alicyclic amines) is 1. The van der Waals surface area contributed by atoms with E-state index in [1.165, 1.54) is 4.57 Å². The van der Waals surface area contributed by atoms with E-state index in [9.17, 15) is 18.0 Å². The lowest BCUT2D eigenvalue weighted by atomic mass is 9.96. The summed E-state index contributed by atoms with van der Waals surface area (Å²) in [6.45, 7) is 1.06. The number of carbonyl (C=O) groups excluding carboxylic acids is 1. The highest BCUT2D eigenvalue weighted by molar-refractivity contribution is 5.93. The lowest BCUT2D eigenvalue weighted by molar-refractivity contribution is -0.147. The Labute approximate surface area is 199 Å². The van der Waals surface area contributed by atoms with Gasteiger partial charge in [-0.25, -0.2) is 4.98 Å². The number of amides is 1. The van der Waals surface area contributed by atoms with E-state index < -0.39 is 12.0 Å². The summed E-state index contributed by atoms with van der Waals surface area (Å²) < 4.78 is 52.6. The number of para-hydroxylation sites is 2. The summed E-state index contributed by atoms with van der Waals surface area (Å²) in [5.41, 5.74) is 1.76. The van der Waals surface area contributed by atoms with Crippen LogP contribution < -0.4 is 4.74 Å². The van der Waals surface area contributed by atoms with Crippen LogP contribution in [-0.2, 0) is 12.7 Å². The van der Waals surface area contributed by atoms with Gasteiger partial charge in [0.1, 0.15) is 5.75 Å². The van der Waals surface area contributed by atoms with E-state index in [1.807, 2.05) is 12.1 Å². The molecule has 0 saturated carbocycles. The molecule has 0 aliphatic carbocycles. The normalized spacial score (nSPS) is 15.0. The number of halogens is 3. The Morgan fingerprint density at radius 1 is 1.11 bits per heavy atom. The fourth-order valence-electron chi connectivity index (χ4n) is 4.48. The number of methoxy groups -OCH3 is 1. The number of ether oxygens (including phenoxy) is 1.